The molecule has 21 heavy (non-hydrogen) atoms. The molecule has 2 aliphatic rings. The highest BCUT2D eigenvalue weighted by atomic mass is 16.2. The third-order valence-electron chi connectivity index (χ3n) is 4.36. The van der Waals surface area contributed by atoms with Crippen molar-refractivity contribution in [2.75, 3.05) is 18.0 Å². The van der Waals surface area contributed by atoms with Crippen LogP contribution in [0.3, 0.4) is 0 Å². The summed E-state index contributed by atoms with van der Waals surface area (Å²) in [6.07, 6.45) is 7.88. The van der Waals surface area contributed by atoms with Crippen LogP contribution < -0.4 is 4.90 Å². The molecule has 0 N–H and O–H groups in total. The second-order valence-electron chi connectivity index (χ2n) is 6.40. The number of carbonyl (C=O) groups is 1. The van der Waals surface area contributed by atoms with Gasteiger partial charge in [-0.1, -0.05) is 0 Å². The van der Waals surface area contributed by atoms with E-state index >= 15 is 0 Å². The maximum Gasteiger partial charge on any atom is 0.227 e. The molecule has 0 aromatic carbocycles. The normalized spacial score (nSPS) is 22.4. The molecule has 1 aromatic rings. The van der Waals surface area contributed by atoms with Gasteiger partial charge < -0.3 is 9.80 Å². The lowest BCUT2D eigenvalue weighted by Crippen LogP contribution is -2.48. The van der Waals surface area contributed by atoms with Gasteiger partial charge in [0.1, 0.15) is 0 Å². The quantitative estimate of drug-likeness (QED) is 0.851. The number of amides is 1. The first kappa shape index (κ1) is 14.3. The summed E-state index contributed by atoms with van der Waals surface area (Å²) in [5.74, 6) is 1.16. The number of nitrogens with zero attached hydrogens (tertiary/aromatic N) is 4. The topological polar surface area (TPSA) is 49.3 Å². The molecule has 1 amide bonds. The molecule has 0 bridgehead atoms. The summed E-state index contributed by atoms with van der Waals surface area (Å²) in [5, 5.41) is 0. The van der Waals surface area contributed by atoms with Crippen molar-refractivity contribution >= 4 is 11.9 Å². The fourth-order valence-electron chi connectivity index (χ4n) is 3.23. The van der Waals surface area contributed by atoms with Crippen LogP contribution in [-0.2, 0) is 4.79 Å². The van der Waals surface area contributed by atoms with Gasteiger partial charge in [-0.05, 0) is 45.6 Å². The summed E-state index contributed by atoms with van der Waals surface area (Å²) >= 11 is 0. The molecular formula is C16H24N4O. The Hall–Kier alpha value is -1.65. The third-order valence-corrected chi connectivity index (χ3v) is 4.36. The molecule has 1 aliphatic heterocycles. The van der Waals surface area contributed by atoms with Crippen molar-refractivity contribution in [1.29, 1.82) is 0 Å². The van der Waals surface area contributed by atoms with Gasteiger partial charge in [0, 0.05) is 37.6 Å². The highest BCUT2D eigenvalue weighted by Gasteiger charge is 2.38. The number of hydrogen-bond donors (Lipinski definition) is 0. The number of rotatable bonds is 4. The minimum Gasteiger partial charge on any atom is -0.340 e. The molecule has 114 valence electrons. The molecule has 0 spiro atoms. The van der Waals surface area contributed by atoms with Gasteiger partial charge in [-0.3, -0.25) is 4.79 Å². The van der Waals surface area contributed by atoms with Crippen molar-refractivity contribution < 1.29 is 4.79 Å². The van der Waals surface area contributed by atoms with E-state index < -0.39 is 0 Å². The SMILES string of the molecule is CC(C)N(C(=O)C1CCCN(c2ncccn2)C1)C1CC1. The largest absolute Gasteiger partial charge is 0.340 e. The molecule has 5 nitrogen and oxygen atoms in total. The van der Waals surface area contributed by atoms with Gasteiger partial charge in [0.2, 0.25) is 11.9 Å². The Morgan fingerprint density at radius 3 is 2.62 bits per heavy atom. The van der Waals surface area contributed by atoms with Gasteiger partial charge in [-0.15, -0.1) is 0 Å². The number of anilines is 1. The summed E-state index contributed by atoms with van der Waals surface area (Å²) in [6, 6.07) is 2.61. The Bertz CT molecular complexity index is 484. The summed E-state index contributed by atoms with van der Waals surface area (Å²) in [4.78, 5) is 25.7. The first-order valence-electron chi connectivity index (χ1n) is 8.01. The van der Waals surface area contributed by atoms with Crippen molar-refractivity contribution in [2.45, 2.75) is 51.6 Å². The lowest BCUT2D eigenvalue weighted by atomic mass is 9.96. The van der Waals surface area contributed by atoms with E-state index in [0.717, 1.165) is 31.9 Å². The summed E-state index contributed by atoms with van der Waals surface area (Å²) < 4.78 is 0. The Morgan fingerprint density at radius 2 is 2.00 bits per heavy atom. The smallest absolute Gasteiger partial charge is 0.227 e. The monoisotopic (exact) mass is 288 g/mol. The maximum atomic E-state index is 12.9. The zero-order valence-electron chi connectivity index (χ0n) is 12.9. The molecule has 1 unspecified atom stereocenters. The van der Waals surface area contributed by atoms with E-state index in [2.05, 4.69) is 33.6 Å². The fraction of sp³-hybridized carbons (Fsp3) is 0.688. The molecule has 1 saturated carbocycles. The van der Waals surface area contributed by atoms with Gasteiger partial charge in [0.05, 0.1) is 5.92 Å². The molecule has 0 radical (unpaired) electrons. The standard InChI is InChI=1S/C16H24N4O/c1-12(2)20(14-6-7-14)15(21)13-5-3-10-19(11-13)16-17-8-4-9-18-16/h4,8-9,12-14H,3,5-7,10-11H2,1-2H3. The molecule has 1 atom stereocenters. The zero-order chi connectivity index (χ0) is 14.8. The third kappa shape index (κ3) is 3.17. The fourth-order valence-corrected chi connectivity index (χ4v) is 3.23. The first-order chi connectivity index (χ1) is 10.2. The highest BCUT2D eigenvalue weighted by Crippen LogP contribution is 2.32. The average Bonchev–Trinajstić information content (AvgIpc) is 3.33. The van der Waals surface area contributed by atoms with Crippen LogP contribution in [0.5, 0.6) is 0 Å². The minimum atomic E-state index is 0.0885. The molecule has 1 saturated heterocycles. The Morgan fingerprint density at radius 1 is 1.29 bits per heavy atom. The predicted octanol–water partition coefficient (Wildman–Crippen LogP) is 2.09. The molecule has 2 fully saturated rings. The molecule has 1 aliphatic carbocycles. The van der Waals surface area contributed by atoms with Gasteiger partial charge in [0.15, 0.2) is 0 Å². The van der Waals surface area contributed by atoms with Crippen LogP contribution in [0.25, 0.3) is 0 Å². The first-order valence-corrected chi connectivity index (χ1v) is 8.01. The lowest BCUT2D eigenvalue weighted by molar-refractivity contribution is -0.138. The number of piperidine rings is 1. The summed E-state index contributed by atoms with van der Waals surface area (Å²) in [7, 11) is 0. The van der Waals surface area contributed by atoms with Crippen molar-refractivity contribution in [2.24, 2.45) is 5.92 Å². The van der Waals surface area contributed by atoms with Gasteiger partial charge >= 0.3 is 0 Å². The van der Waals surface area contributed by atoms with E-state index in [9.17, 15) is 4.79 Å². The van der Waals surface area contributed by atoms with Crippen LogP contribution >= 0.6 is 0 Å². The van der Waals surface area contributed by atoms with E-state index in [4.69, 9.17) is 0 Å². The van der Waals surface area contributed by atoms with Crippen molar-refractivity contribution in [1.82, 2.24) is 14.9 Å². The van der Waals surface area contributed by atoms with E-state index in [0.29, 0.717) is 18.0 Å². The molecule has 3 rings (SSSR count). The van der Waals surface area contributed by atoms with E-state index in [1.54, 1.807) is 12.4 Å². The molecular weight excluding hydrogens is 264 g/mol. The number of aromatic nitrogens is 2. The van der Waals surface area contributed by atoms with Crippen LogP contribution in [0, 0.1) is 5.92 Å². The summed E-state index contributed by atoms with van der Waals surface area (Å²) in [6.45, 7) is 5.94. The zero-order valence-corrected chi connectivity index (χ0v) is 12.9. The van der Waals surface area contributed by atoms with Crippen molar-refractivity contribution in [3.63, 3.8) is 0 Å². The van der Waals surface area contributed by atoms with Crippen LogP contribution in [0.15, 0.2) is 18.5 Å². The Balaban J connectivity index is 1.69. The van der Waals surface area contributed by atoms with Crippen molar-refractivity contribution in [3.8, 4) is 0 Å². The lowest BCUT2D eigenvalue weighted by Gasteiger charge is -2.36. The molecule has 2 heterocycles. The second-order valence-corrected chi connectivity index (χ2v) is 6.40. The minimum absolute atomic E-state index is 0.0885. The number of carbonyl (C=O) groups excluding carboxylic acids is 1. The van der Waals surface area contributed by atoms with Crippen LogP contribution in [0.1, 0.15) is 39.5 Å². The maximum absolute atomic E-state index is 12.9. The van der Waals surface area contributed by atoms with Gasteiger partial charge in [-0.2, -0.15) is 0 Å². The Labute approximate surface area is 126 Å². The Kier molecular flexibility index (Phi) is 4.08. The van der Waals surface area contributed by atoms with Crippen LogP contribution in [0.2, 0.25) is 0 Å². The average molecular weight is 288 g/mol. The predicted molar refractivity (Wildman–Crippen MR) is 82.0 cm³/mol. The molecule has 1 aromatic heterocycles. The van der Waals surface area contributed by atoms with E-state index in [1.165, 1.54) is 12.8 Å². The highest BCUT2D eigenvalue weighted by molar-refractivity contribution is 5.80. The van der Waals surface area contributed by atoms with Gasteiger partial charge in [-0.25, -0.2) is 9.97 Å². The van der Waals surface area contributed by atoms with Crippen LogP contribution in [-0.4, -0.2) is 45.9 Å². The second kappa shape index (κ2) is 6.00. The van der Waals surface area contributed by atoms with E-state index in [1.807, 2.05) is 6.07 Å². The van der Waals surface area contributed by atoms with Crippen molar-refractivity contribution in [3.05, 3.63) is 18.5 Å². The van der Waals surface area contributed by atoms with E-state index in [-0.39, 0.29) is 5.92 Å². The van der Waals surface area contributed by atoms with Gasteiger partial charge in [0.25, 0.3) is 0 Å². The number of hydrogen-bond acceptors (Lipinski definition) is 4. The summed E-state index contributed by atoms with van der Waals surface area (Å²) in [5.41, 5.74) is 0. The molecule has 5 heteroatoms. The van der Waals surface area contributed by atoms with Crippen LogP contribution in [0.4, 0.5) is 5.95 Å².